The molecule has 0 saturated carbocycles. The number of halogens is 2. The van der Waals surface area contributed by atoms with Gasteiger partial charge in [0, 0.05) is 11.3 Å². The third-order valence-corrected chi connectivity index (χ3v) is 4.14. The van der Waals surface area contributed by atoms with E-state index in [2.05, 4.69) is 14.5 Å². The van der Waals surface area contributed by atoms with E-state index in [9.17, 15) is 4.79 Å². The van der Waals surface area contributed by atoms with Crippen LogP contribution in [0, 0.1) is 13.8 Å². The van der Waals surface area contributed by atoms with Crippen LogP contribution in [0.1, 0.15) is 11.3 Å². The Bertz CT molecular complexity index is 698. The van der Waals surface area contributed by atoms with Crippen LogP contribution < -0.4 is 5.56 Å². The van der Waals surface area contributed by atoms with E-state index in [0.29, 0.717) is 38.2 Å². The first-order valence-corrected chi connectivity index (χ1v) is 6.88. The zero-order chi connectivity index (χ0) is 14.9. The first-order chi connectivity index (χ1) is 9.45. The van der Waals surface area contributed by atoms with Crippen molar-refractivity contribution >= 4 is 35.2 Å². The second kappa shape index (κ2) is 6.21. The van der Waals surface area contributed by atoms with E-state index in [-0.39, 0.29) is 5.56 Å². The fraction of sp³-hybridized carbons (Fsp3) is 0.182. The standard InChI is InChI=1S/C11H10Cl2N2O4S/c1-5-6(2)14-15(11(5)16)9-3-8(13)10(4-7(9)12)20-19-18-17/h3-4,14,17H,1-2H3. The van der Waals surface area contributed by atoms with E-state index >= 15 is 0 Å². The van der Waals surface area contributed by atoms with Crippen LogP contribution >= 0.6 is 35.2 Å². The third kappa shape index (κ3) is 2.88. The topological polar surface area (TPSA) is 76.5 Å². The van der Waals surface area contributed by atoms with Gasteiger partial charge in [-0.15, -0.1) is 4.33 Å². The Labute approximate surface area is 128 Å². The molecule has 0 aliphatic heterocycles. The molecule has 1 aromatic carbocycles. The Morgan fingerprint density at radius 1 is 1.30 bits per heavy atom. The molecule has 0 amide bonds. The number of hydrogen-bond donors (Lipinski definition) is 2. The molecule has 0 aliphatic rings. The van der Waals surface area contributed by atoms with Gasteiger partial charge in [-0.05, 0) is 26.0 Å². The van der Waals surface area contributed by atoms with Crippen molar-refractivity contribution in [3.63, 3.8) is 0 Å². The summed E-state index contributed by atoms with van der Waals surface area (Å²) < 4.78 is 5.62. The molecular formula is C11H10Cl2N2O4S. The molecule has 0 bridgehead atoms. The normalized spacial score (nSPS) is 11.1. The van der Waals surface area contributed by atoms with Gasteiger partial charge in [0.15, 0.2) is 0 Å². The summed E-state index contributed by atoms with van der Waals surface area (Å²) in [5.41, 5.74) is 1.58. The molecule has 0 radical (unpaired) electrons. The van der Waals surface area contributed by atoms with Crippen molar-refractivity contribution in [2.75, 3.05) is 0 Å². The van der Waals surface area contributed by atoms with Crippen LogP contribution in [0.5, 0.6) is 0 Å². The second-order valence-electron chi connectivity index (χ2n) is 3.96. The van der Waals surface area contributed by atoms with Crippen molar-refractivity contribution in [3.05, 3.63) is 43.8 Å². The SMILES string of the molecule is Cc1[nH]n(-c2cc(Cl)c(SOOO)cc2Cl)c(=O)c1C. The molecule has 2 N–H and O–H groups in total. The van der Waals surface area contributed by atoms with Crippen molar-refractivity contribution in [3.8, 4) is 5.69 Å². The average molecular weight is 337 g/mol. The highest BCUT2D eigenvalue weighted by Crippen LogP contribution is 2.34. The molecule has 0 saturated heterocycles. The summed E-state index contributed by atoms with van der Waals surface area (Å²) in [6, 6.07) is 3.02. The molecule has 108 valence electrons. The first-order valence-electron chi connectivity index (χ1n) is 5.38. The minimum atomic E-state index is -0.198. The molecular weight excluding hydrogens is 327 g/mol. The minimum absolute atomic E-state index is 0.198. The molecule has 20 heavy (non-hydrogen) atoms. The van der Waals surface area contributed by atoms with E-state index in [1.54, 1.807) is 13.8 Å². The Kier molecular flexibility index (Phi) is 4.79. The Morgan fingerprint density at radius 2 is 2.00 bits per heavy atom. The molecule has 0 fully saturated rings. The van der Waals surface area contributed by atoms with Gasteiger partial charge in [0.25, 0.3) is 5.56 Å². The molecule has 1 heterocycles. The van der Waals surface area contributed by atoms with Gasteiger partial charge in [0.1, 0.15) is 0 Å². The fourth-order valence-electron chi connectivity index (χ4n) is 1.61. The lowest BCUT2D eigenvalue weighted by molar-refractivity contribution is -0.432. The summed E-state index contributed by atoms with van der Waals surface area (Å²) in [5.74, 6) is 0. The lowest BCUT2D eigenvalue weighted by atomic mass is 10.3. The lowest BCUT2D eigenvalue weighted by Gasteiger charge is -2.08. The molecule has 9 heteroatoms. The van der Waals surface area contributed by atoms with Crippen LogP contribution in [0.25, 0.3) is 5.69 Å². The number of H-pyrrole nitrogens is 1. The van der Waals surface area contributed by atoms with Crippen molar-refractivity contribution in [1.29, 1.82) is 0 Å². The quantitative estimate of drug-likeness (QED) is 0.507. The van der Waals surface area contributed by atoms with Crippen LogP contribution in [-0.2, 0) is 9.37 Å². The van der Waals surface area contributed by atoms with Gasteiger partial charge in [-0.1, -0.05) is 28.2 Å². The summed E-state index contributed by atoms with van der Waals surface area (Å²) >= 11 is 12.9. The molecule has 0 aliphatic carbocycles. The largest absolute Gasteiger partial charge is 0.295 e. The predicted molar refractivity (Wildman–Crippen MR) is 76.5 cm³/mol. The van der Waals surface area contributed by atoms with Gasteiger partial charge in [-0.3, -0.25) is 9.89 Å². The Morgan fingerprint density at radius 3 is 2.55 bits per heavy atom. The molecule has 1 aromatic heterocycles. The lowest BCUT2D eigenvalue weighted by Crippen LogP contribution is -2.16. The van der Waals surface area contributed by atoms with Gasteiger partial charge in [-0.25, -0.2) is 9.94 Å². The van der Waals surface area contributed by atoms with Crippen molar-refractivity contribution in [1.82, 2.24) is 9.78 Å². The summed E-state index contributed by atoms with van der Waals surface area (Å²) in [6.45, 7) is 3.51. The van der Waals surface area contributed by atoms with E-state index in [4.69, 9.17) is 28.5 Å². The zero-order valence-electron chi connectivity index (χ0n) is 10.4. The van der Waals surface area contributed by atoms with Crippen LogP contribution in [0.15, 0.2) is 21.8 Å². The molecule has 0 unspecified atom stereocenters. The molecule has 2 rings (SSSR count). The average Bonchev–Trinajstić information content (AvgIpc) is 2.67. The van der Waals surface area contributed by atoms with Crippen molar-refractivity contribution < 1.29 is 14.6 Å². The number of aromatic nitrogens is 2. The van der Waals surface area contributed by atoms with Gasteiger partial charge in [0.05, 0.1) is 32.7 Å². The van der Waals surface area contributed by atoms with Crippen molar-refractivity contribution in [2.45, 2.75) is 18.7 Å². The van der Waals surface area contributed by atoms with Gasteiger partial charge < -0.3 is 0 Å². The summed E-state index contributed by atoms with van der Waals surface area (Å²) in [4.78, 5) is 12.5. The van der Waals surface area contributed by atoms with E-state index < -0.39 is 0 Å². The fourth-order valence-corrected chi connectivity index (χ4v) is 2.58. The van der Waals surface area contributed by atoms with E-state index in [1.165, 1.54) is 16.8 Å². The molecule has 0 atom stereocenters. The van der Waals surface area contributed by atoms with Crippen LogP contribution in [0.2, 0.25) is 10.0 Å². The third-order valence-electron chi connectivity index (χ3n) is 2.76. The number of aromatic amines is 1. The molecule has 2 aromatic rings. The van der Waals surface area contributed by atoms with Crippen LogP contribution in [0.3, 0.4) is 0 Å². The molecule has 6 nitrogen and oxygen atoms in total. The highest BCUT2D eigenvalue weighted by atomic mass is 35.5. The maximum atomic E-state index is 12.1. The highest BCUT2D eigenvalue weighted by molar-refractivity contribution is 7.94. The summed E-state index contributed by atoms with van der Waals surface area (Å²) in [5, 5.41) is 15.1. The summed E-state index contributed by atoms with van der Waals surface area (Å²) in [7, 11) is 0. The zero-order valence-corrected chi connectivity index (χ0v) is 12.8. The highest BCUT2D eigenvalue weighted by Gasteiger charge is 2.14. The van der Waals surface area contributed by atoms with Gasteiger partial charge >= 0.3 is 0 Å². The minimum Gasteiger partial charge on any atom is -0.295 e. The number of aryl methyl sites for hydroxylation is 1. The Hall–Kier alpha value is -0.960. The van der Waals surface area contributed by atoms with E-state index in [1.807, 2.05) is 0 Å². The monoisotopic (exact) mass is 336 g/mol. The van der Waals surface area contributed by atoms with Gasteiger partial charge in [-0.2, -0.15) is 0 Å². The summed E-state index contributed by atoms with van der Waals surface area (Å²) in [6.07, 6.45) is 0. The first kappa shape index (κ1) is 15.4. The number of hydrogen-bond acceptors (Lipinski definition) is 5. The van der Waals surface area contributed by atoms with Crippen LogP contribution in [-0.4, -0.2) is 15.0 Å². The molecule has 0 spiro atoms. The predicted octanol–water partition coefficient (Wildman–Crippen LogP) is 3.52. The number of nitrogens with zero attached hydrogens (tertiary/aromatic N) is 1. The number of rotatable bonds is 4. The van der Waals surface area contributed by atoms with Gasteiger partial charge in [0.2, 0.25) is 0 Å². The smallest absolute Gasteiger partial charge is 0.274 e. The maximum absolute atomic E-state index is 12.1. The van der Waals surface area contributed by atoms with E-state index in [0.717, 1.165) is 5.69 Å². The second-order valence-corrected chi connectivity index (χ2v) is 5.52. The number of nitrogens with one attached hydrogen (secondary N) is 1. The van der Waals surface area contributed by atoms with Crippen molar-refractivity contribution in [2.24, 2.45) is 0 Å². The van der Waals surface area contributed by atoms with Crippen LogP contribution in [0.4, 0.5) is 0 Å². The number of benzene rings is 1. The maximum Gasteiger partial charge on any atom is 0.274 e. The Balaban J connectivity index is 2.50.